The number of anilines is 2. The van der Waals surface area contributed by atoms with Crippen molar-refractivity contribution in [1.29, 1.82) is 0 Å². The van der Waals surface area contributed by atoms with Gasteiger partial charge in [-0.15, -0.1) is 0 Å². The number of hydrogen-bond acceptors (Lipinski definition) is 4. The minimum atomic E-state index is -0.557. The molecule has 6 heteroatoms. The van der Waals surface area contributed by atoms with Crippen LogP contribution in [-0.4, -0.2) is 21.2 Å². The van der Waals surface area contributed by atoms with Gasteiger partial charge in [-0.05, 0) is 51.1 Å². The zero-order valence-electron chi connectivity index (χ0n) is 15.9. The highest BCUT2D eigenvalue weighted by Gasteiger charge is 2.17. The van der Waals surface area contributed by atoms with E-state index in [4.69, 9.17) is 10.5 Å². The van der Waals surface area contributed by atoms with Crippen molar-refractivity contribution in [1.82, 2.24) is 9.55 Å². The van der Waals surface area contributed by atoms with E-state index < -0.39 is 11.7 Å². The molecule has 0 bridgehead atoms. The Morgan fingerprint density at radius 2 is 1.81 bits per heavy atom. The summed E-state index contributed by atoms with van der Waals surface area (Å²) in [5.74, 6) is 0.437. The molecule has 0 unspecified atom stereocenters. The molecular weight excluding hydrogens is 328 g/mol. The van der Waals surface area contributed by atoms with Crippen LogP contribution in [0, 0.1) is 0 Å². The molecule has 3 rings (SSSR count). The second-order valence-corrected chi connectivity index (χ2v) is 6.53. The summed E-state index contributed by atoms with van der Waals surface area (Å²) in [7, 11) is 0. The number of rotatable bonds is 2. The smallest absolute Gasteiger partial charge is 0.413 e. The Balaban J connectivity index is 0.00000117. The first-order valence-electron chi connectivity index (χ1n) is 8.65. The van der Waals surface area contributed by atoms with Gasteiger partial charge in [0.05, 0.1) is 5.52 Å². The zero-order chi connectivity index (χ0) is 19.3. The van der Waals surface area contributed by atoms with Gasteiger partial charge in [0.2, 0.25) is 0 Å². The van der Waals surface area contributed by atoms with Gasteiger partial charge in [-0.3, -0.25) is 5.32 Å². The SMILES string of the molecule is CC.CC(C)(C)OC(=O)Nc1cc2c(ccn2-c2ccc(N)cc2)cn1. The van der Waals surface area contributed by atoms with Crippen LogP contribution >= 0.6 is 0 Å². The average molecular weight is 354 g/mol. The largest absolute Gasteiger partial charge is 0.444 e. The van der Waals surface area contributed by atoms with Gasteiger partial charge in [-0.1, -0.05) is 13.8 Å². The van der Waals surface area contributed by atoms with Gasteiger partial charge in [0.25, 0.3) is 0 Å². The van der Waals surface area contributed by atoms with Crippen molar-refractivity contribution in [3.63, 3.8) is 0 Å². The van der Waals surface area contributed by atoms with Crippen molar-refractivity contribution in [2.45, 2.75) is 40.2 Å². The molecule has 1 amide bonds. The third-order valence-electron chi connectivity index (χ3n) is 3.37. The quantitative estimate of drug-likeness (QED) is 0.636. The molecule has 3 aromatic rings. The van der Waals surface area contributed by atoms with Gasteiger partial charge in [-0.2, -0.15) is 0 Å². The second-order valence-electron chi connectivity index (χ2n) is 6.53. The predicted molar refractivity (Wildman–Crippen MR) is 107 cm³/mol. The van der Waals surface area contributed by atoms with Crippen molar-refractivity contribution < 1.29 is 9.53 Å². The second kappa shape index (κ2) is 7.91. The van der Waals surface area contributed by atoms with Crippen molar-refractivity contribution in [3.05, 3.63) is 48.8 Å². The number of nitrogens with two attached hydrogens (primary N) is 1. The van der Waals surface area contributed by atoms with Crippen molar-refractivity contribution in [2.24, 2.45) is 0 Å². The summed E-state index contributed by atoms with van der Waals surface area (Å²) in [6.07, 6.45) is 3.14. The fraction of sp³-hybridized carbons (Fsp3) is 0.300. The highest BCUT2D eigenvalue weighted by atomic mass is 16.6. The van der Waals surface area contributed by atoms with E-state index >= 15 is 0 Å². The molecule has 0 aliphatic carbocycles. The lowest BCUT2D eigenvalue weighted by Crippen LogP contribution is -2.27. The van der Waals surface area contributed by atoms with Gasteiger partial charge < -0.3 is 15.0 Å². The van der Waals surface area contributed by atoms with E-state index in [9.17, 15) is 4.79 Å². The summed E-state index contributed by atoms with van der Waals surface area (Å²) in [4.78, 5) is 16.2. The summed E-state index contributed by atoms with van der Waals surface area (Å²) in [6, 6.07) is 11.4. The Hall–Kier alpha value is -3.02. The number of amides is 1. The van der Waals surface area contributed by atoms with Crippen molar-refractivity contribution in [3.8, 4) is 5.69 Å². The molecule has 0 atom stereocenters. The number of aromatic nitrogens is 2. The number of carbonyl (C=O) groups is 1. The number of nitrogens with zero attached hydrogens (tertiary/aromatic N) is 2. The van der Waals surface area contributed by atoms with Gasteiger partial charge >= 0.3 is 6.09 Å². The molecule has 26 heavy (non-hydrogen) atoms. The van der Waals surface area contributed by atoms with Gasteiger partial charge in [0, 0.05) is 35.2 Å². The van der Waals surface area contributed by atoms with E-state index in [1.807, 2.05) is 81.8 Å². The Bertz CT molecular complexity index is 877. The maximum absolute atomic E-state index is 11.9. The molecule has 0 saturated heterocycles. The lowest BCUT2D eigenvalue weighted by molar-refractivity contribution is 0.0635. The molecule has 1 aromatic carbocycles. The van der Waals surface area contributed by atoms with E-state index in [2.05, 4.69) is 10.3 Å². The molecule has 6 nitrogen and oxygen atoms in total. The standard InChI is InChI=1S/C18H20N4O2.C2H6/c1-18(2,3)24-17(23)21-16-10-15-12(11-20-16)8-9-22(15)14-6-4-13(19)5-7-14;1-2/h4-11H,19H2,1-3H3,(H,20,21,23);1-2H3. The fourth-order valence-electron chi connectivity index (χ4n) is 2.36. The van der Waals surface area contributed by atoms with Crippen LogP contribution in [0.2, 0.25) is 0 Å². The maximum atomic E-state index is 11.9. The van der Waals surface area contributed by atoms with E-state index in [0.717, 1.165) is 16.6 Å². The number of hydrogen-bond donors (Lipinski definition) is 2. The number of benzene rings is 1. The number of nitrogens with one attached hydrogen (secondary N) is 1. The number of carbonyl (C=O) groups excluding carboxylic acids is 1. The summed E-state index contributed by atoms with van der Waals surface area (Å²) in [6.45, 7) is 9.44. The molecule has 0 saturated carbocycles. The Morgan fingerprint density at radius 1 is 1.15 bits per heavy atom. The van der Waals surface area contributed by atoms with Crippen LogP contribution in [0.15, 0.2) is 48.8 Å². The number of ether oxygens (including phenoxy) is 1. The van der Waals surface area contributed by atoms with Gasteiger partial charge in [0.1, 0.15) is 11.4 Å². The molecule has 0 spiro atoms. The molecule has 0 fully saturated rings. The van der Waals surface area contributed by atoms with Crippen LogP contribution in [0.3, 0.4) is 0 Å². The fourth-order valence-corrected chi connectivity index (χ4v) is 2.36. The van der Waals surface area contributed by atoms with Crippen molar-refractivity contribution in [2.75, 3.05) is 11.1 Å². The molecule has 0 aliphatic rings. The summed E-state index contributed by atoms with van der Waals surface area (Å²) >= 11 is 0. The monoisotopic (exact) mass is 354 g/mol. The first-order chi connectivity index (χ1) is 12.3. The minimum Gasteiger partial charge on any atom is -0.444 e. The minimum absolute atomic E-state index is 0.437. The zero-order valence-corrected chi connectivity index (χ0v) is 15.9. The number of pyridine rings is 1. The molecule has 0 aliphatic heterocycles. The average Bonchev–Trinajstić information content (AvgIpc) is 2.99. The van der Waals surface area contributed by atoms with Crippen LogP contribution in [0.4, 0.5) is 16.3 Å². The molecule has 2 aromatic heterocycles. The Morgan fingerprint density at radius 3 is 2.42 bits per heavy atom. The van der Waals surface area contributed by atoms with Gasteiger partial charge in [-0.25, -0.2) is 9.78 Å². The van der Waals surface area contributed by atoms with Crippen LogP contribution in [-0.2, 0) is 4.74 Å². The molecule has 0 radical (unpaired) electrons. The lowest BCUT2D eigenvalue weighted by Gasteiger charge is -2.19. The lowest BCUT2D eigenvalue weighted by atomic mass is 10.2. The molecule has 138 valence electrons. The molecular formula is C20H26N4O2. The van der Waals surface area contributed by atoms with Crippen molar-refractivity contribution >= 4 is 28.5 Å². The number of nitrogen functional groups attached to an aromatic ring is 1. The topological polar surface area (TPSA) is 82.2 Å². The number of fused-ring (bicyclic) bond motifs is 1. The summed E-state index contributed by atoms with van der Waals surface area (Å²) < 4.78 is 7.26. The van der Waals surface area contributed by atoms with E-state index in [-0.39, 0.29) is 0 Å². The van der Waals surface area contributed by atoms with Gasteiger partial charge in [0.15, 0.2) is 0 Å². The predicted octanol–water partition coefficient (Wildman–Crippen LogP) is 4.98. The maximum Gasteiger partial charge on any atom is 0.413 e. The first kappa shape index (κ1) is 19.3. The van der Waals surface area contributed by atoms with E-state index in [1.54, 1.807) is 6.20 Å². The third-order valence-corrected chi connectivity index (χ3v) is 3.37. The van der Waals surface area contributed by atoms with Crippen LogP contribution in [0.25, 0.3) is 16.6 Å². The third kappa shape index (κ3) is 4.75. The normalized spacial score (nSPS) is 10.8. The highest BCUT2D eigenvalue weighted by molar-refractivity contribution is 5.89. The van der Waals surface area contributed by atoms with Crippen LogP contribution < -0.4 is 11.1 Å². The van der Waals surface area contributed by atoms with Crippen LogP contribution in [0.1, 0.15) is 34.6 Å². The molecule has 3 N–H and O–H groups in total. The Kier molecular flexibility index (Phi) is 5.87. The van der Waals surface area contributed by atoms with E-state index in [0.29, 0.717) is 11.5 Å². The van der Waals surface area contributed by atoms with E-state index in [1.165, 1.54) is 0 Å². The summed E-state index contributed by atoms with van der Waals surface area (Å²) in [5, 5.41) is 3.64. The summed E-state index contributed by atoms with van der Waals surface area (Å²) in [5.41, 5.74) is 7.81. The van der Waals surface area contributed by atoms with Crippen LogP contribution in [0.5, 0.6) is 0 Å². The molecule has 2 heterocycles. The first-order valence-corrected chi connectivity index (χ1v) is 8.65. The highest BCUT2D eigenvalue weighted by Crippen LogP contribution is 2.23. The Labute approximate surface area is 154 Å².